The van der Waals surface area contributed by atoms with Crippen LogP contribution in [0.15, 0.2) is 36.4 Å². The van der Waals surface area contributed by atoms with Crippen molar-refractivity contribution in [1.82, 2.24) is 0 Å². The van der Waals surface area contributed by atoms with Crippen LogP contribution in [0.1, 0.15) is 32.6 Å². The molecule has 0 fully saturated rings. The van der Waals surface area contributed by atoms with E-state index >= 15 is 0 Å². The van der Waals surface area contributed by atoms with Crippen molar-refractivity contribution in [3.8, 4) is 0 Å². The zero-order valence-corrected chi connectivity index (χ0v) is 12.0. The van der Waals surface area contributed by atoms with E-state index in [1.807, 2.05) is 0 Å². The van der Waals surface area contributed by atoms with E-state index in [1.54, 1.807) is 24.3 Å². The Morgan fingerprint density at radius 2 is 1.60 bits per heavy atom. The minimum Gasteiger partial charge on any atom is -0.478 e. The highest BCUT2D eigenvalue weighted by Gasteiger charge is 2.05. The minimum atomic E-state index is -0.901. The van der Waals surface area contributed by atoms with Crippen LogP contribution in [0.2, 0.25) is 0 Å². The zero-order valence-electron chi connectivity index (χ0n) is 12.0. The normalized spacial score (nSPS) is 10.3. The van der Waals surface area contributed by atoms with Gasteiger partial charge in [-0.25, -0.2) is 4.79 Å². The third-order valence-corrected chi connectivity index (χ3v) is 3.44. The number of rotatable bonds is 4. The molecule has 0 saturated carbocycles. The maximum Gasteiger partial charge on any atom is 0.335 e. The Morgan fingerprint density at radius 3 is 2.10 bits per heavy atom. The van der Waals surface area contributed by atoms with Crippen molar-refractivity contribution in [1.29, 1.82) is 0 Å². The molecule has 2 rings (SSSR count). The Hall–Kier alpha value is -2.29. The topological polar surface area (TPSA) is 49.3 Å². The van der Waals surface area contributed by atoms with Crippen molar-refractivity contribution in [2.45, 2.75) is 27.3 Å². The third kappa shape index (κ3) is 3.18. The van der Waals surface area contributed by atoms with Crippen LogP contribution in [0.4, 0.5) is 5.69 Å². The quantitative estimate of drug-likeness (QED) is 0.884. The Kier molecular flexibility index (Phi) is 4.08. The fourth-order valence-corrected chi connectivity index (χ4v) is 2.41. The average Bonchev–Trinajstić information content (AvgIpc) is 2.38. The number of carboxylic acids is 1. The maximum atomic E-state index is 10.8. The fraction of sp³-hybridized carbons (Fsp3) is 0.235. The summed E-state index contributed by atoms with van der Waals surface area (Å²) in [7, 11) is 0. The number of aromatic carboxylic acids is 1. The van der Waals surface area contributed by atoms with E-state index in [0.29, 0.717) is 5.56 Å². The van der Waals surface area contributed by atoms with E-state index in [9.17, 15) is 4.79 Å². The van der Waals surface area contributed by atoms with Crippen LogP contribution < -0.4 is 5.32 Å². The van der Waals surface area contributed by atoms with Gasteiger partial charge >= 0.3 is 5.97 Å². The Labute approximate surface area is 119 Å². The molecule has 0 saturated heterocycles. The molecular formula is C17H19NO2. The lowest BCUT2D eigenvalue weighted by Crippen LogP contribution is -2.04. The molecule has 0 amide bonds. The Balaban J connectivity index is 2.11. The first-order valence-electron chi connectivity index (χ1n) is 6.61. The molecule has 0 radical (unpaired) electrons. The van der Waals surface area contributed by atoms with Gasteiger partial charge < -0.3 is 10.4 Å². The summed E-state index contributed by atoms with van der Waals surface area (Å²) >= 11 is 0. The monoisotopic (exact) mass is 269 g/mol. The van der Waals surface area contributed by atoms with Crippen LogP contribution in [0.3, 0.4) is 0 Å². The van der Waals surface area contributed by atoms with Crippen molar-refractivity contribution in [3.63, 3.8) is 0 Å². The predicted molar refractivity (Wildman–Crippen MR) is 81.4 cm³/mol. The van der Waals surface area contributed by atoms with Gasteiger partial charge in [-0.05, 0) is 61.7 Å². The van der Waals surface area contributed by atoms with Crippen molar-refractivity contribution in [2.24, 2.45) is 0 Å². The number of aryl methyl sites for hydroxylation is 3. The van der Waals surface area contributed by atoms with Gasteiger partial charge in [0.25, 0.3) is 0 Å². The molecule has 0 atom stereocenters. The van der Waals surface area contributed by atoms with Gasteiger partial charge in [0.15, 0.2) is 0 Å². The van der Waals surface area contributed by atoms with Crippen LogP contribution in [-0.2, 0) is 6.54 Å². The first kappa shape index (κ1) is 14.1. The number of hydrogen-bond acceptors (Lipinski definition) is 2. The molecule has 0 bridgehead atoms. The van der Waals surface area contributed by atoms with E-state index in [-0.39, 0.29) is 0 Å². The predicted octanol–water partition coefficient (Wildman–Crippen LogP) is 3.92. The molecule has 104 valence electrons. The molecule has 0 heterocycles. The van der Waals surface area contributed by atoms with Crippen molar-refractivity contribution < 1.29 is 9.90 Å². The largest absolute Gasteiger partial charge is 0.478 e. The average molecular weight is 269 g/mol. The number of carbonyl (C=O) groups is 1. The zero-order chi connectivity index (χ0) is 14.7. The first-order valence-corrected chi connectivity index (χ1v) is 6.61. The summed E-state index contributed by atoms with van der Waals surface area (Å²) in [5.74, 6) is -0.901. The lowest BCUT2D eigenvalue weighted by Gasteiger charge is -2.13. The molecular weight excluding hydrogens is 250 g/mol. The summed E-state index contributed by atoms with van der Waals surface area (Å²) in [6, 6.07) is 11.2. The highest BCUT2D eigenvalue weighted by atomic mass is 16.4. The van der Waals surface area contributed by atoms with E-state index in [0.717, 1.165) is 12.2 Å². The summed E-state index contributed by atoms with van der Waals surface area (Å²) in [6.07, 6.45) is 0. The molecule has 3 nitrogen and oxygen atoms in total. The number of hydrogen-bond donors (Lipinski definition) is 2. The highest BCUT2D eigenvalue weighted by molar-refractivity contribution is 5.87. The molecule has 2 aromatic carbocycles. The summed E-state index contributed by atoms with van der Waals surface area (Å²) < 4.78 is 0. The fourth-order valence-electron chi connectivity index (χ4n) is 2.41. The van der Waals surface area contributed by atoms with Gasteiger partial charge in [0.1, 0.15) is 0 Å². The highest BCUT2D eigenvalue weighted by Crippen LogP contribution is 2.18. The SMILES string of the molecule is Cc1cc(C)c(CNc2ccc(C(=O)O)cc2)c(C)c1. The molecule has 3 heteroatoms. The molecule has 0 aromatic heterocycles. The molecule has 0 aliphatic heterocycles. The Morgan fingerprint density at radius 1 is 1.05 bits per heavy atom. The second-order valence-corrected chi connectivity index (χ2v) is 5.11. The van der Waals surface area contributed by atoms with E-state index in [4.69, 9.17) is 5.11 Å². The third-order valence-electron chi connectivity index (χ3n) is 3.44. The van der Waals surface area contributed by atoms with Gasteiger partial charge in [-0.15, -0.1) is 0 Å². The lowest BCUT2D eigenvalue weighted by atomic mass is 10.00. The minimum absolute atomic E-state index is 0.304. The molecule has 2 aromatic rings. The van der Waals surface area contributed by atoms with E-state index in [2.05, 4.69) is 38.2 Å². The van der Waals surface area contributed by atoms with Gasteiger partial charge in [0.2, 0.25) is 0 Å². The van der Waals surface area contributed by atoms with Crippen molar-refractivity contribution in [2.75, 3.05) is 5.32 Å². The van der Waals surface area contributed by atoms with Crippen LogP contribution in [-0.4, -0.2) is 11.1 Å². The smallest absolute Gasteiger partial charge is 0.335 e. The molecule has 0 spiro atoms. The summed E-state index contributed by atoms with van der Waals surface area (Å²) in [5.41, 5.74) is 6.34. The molecule has 0 aliphatic carbocycles. The van der Waals surface area contributed by atoms with Crippen LogP contribution in [0.5, 0.6) is 0 Å². The van der Waals surface area contributed by atoms with E-state index in [1.165, 1.54) is 22.3 Å². The van der Waals surface area contributed by atoms with Crippen molar-refractivity contribution >= 4 is 11.7 Å². The second kappa shape index (κ2) is 5.78. The number of carboxylic acid groups (broad SMARTS) is 1. The van der Waals surface area contributed by atoms with E-state index < -0.39 is 5.97 Å². The van der Waals surface area contributed by atoms with Crippen LogP contribution >= 0.6 is 0 Å². The molecule has 2 N–H and O–H groups in total. The summed E-state index contributed by atoms with van der Waals surface area (Å²) in [4.78, 5) is 10.8. The van der Waals surface area contributed by atoms with Gasteiger partial charge in [0.05, 0.1) is 5.56 Å². The second-order valence-electron chi connectivity index (χ2n) is 5.11. The van der Waals surface area contributed by atoms with Gasteiger partial charge in [-0.1, -0.05) is 17.7 Å². The first-order chi connectivity index (χ1) is 9.47. The van der Waals surface area contributed by atoms with Crippen molar-refractivity contribution in [3.05, 3.63) is 64.2 Å². The molecule has 0 unspecified atom stereocenters. The standard InChI is InChI=1S/C17H19NO2/c1-11-8-12(2)16(13(3)9-11)10-18-15-6-4-14(5-7-15)17(19)20/h4-9,18H,10H2,1-3H3,(H,19,20). The number of anilines is 1. The Bertz CT molecular complexity index is 607. The maximum absolute atomic E-state index is 10.8. The molecule has 0 aliphatic rings. The summed E-state index contributed by atoms with van der Waals surface area (Å²) in [5, 5.41) is 12.2. The van der Waals surface area contributed by atoms with Gasteiger partial charge in [0, 0.05) is 12.2 Å². The lowest BCUT2D eigenvalue weighted by molar-refractivity contribution is 0.0697. The van der Waals surface area contributed by atoms with Crippen LogP contribution in [0.25, 0.3) is 0 Å². The number of benzene rings is 2. The van der Waals surface area contributed by atoms with Crippen LogP contribution in [0, 0.1) is 20.8 Å². The molecule has 20 heavy (non-hydrogen) atoms. The van der Waals surface area contributed by atoms with Gasteiger partial charge in [-0.3, -0.25) is 0 Å². The van der Waals surface area contributed by atoms with Gasteiger partial charge in [-0.2, -0.15) is 0 Å². The summed E-state index contributed by atoms with van der Waals surface area (Å²) in [6.45, 7) is 7.07. The number of nitrogens with one attached hydrogen (secondary N) is 1.